The molecule has 2 heterocycles. The lowest BCUT2D eigenvalue weighted by atomic mass is 9.78. The van der Waals surface area contributed by atoms with Crippen LogP contribution in [0.25, 0.3) is 0 Å². The summed E-state index contributed by atoms with van der Waals surface area (Å²) in [6.07, 6.45) is 5.28. The van der Waals surface area contributed by atoms with Gasteiger partial charge in [0.1, 0.15) is 12.4 Å². The molecule has 128 valence electrons. The zero-order valence-electron chi connectivity index (χ0n) is 14.0. The Morgan fingerprint density at radius 1 is 1.08 bits per heavy atom. The zero-order chi connectivity index (χ0) is 17.1. The second kappa shape index (κ2) is 7.11. The van der Waals surface area contributed by atoms with E-state index in [1.807, 2.05) is 54.6 Å². The average molecular weight is 334 g/mol. The van der Waals surface area contributed by atoms with E-state index >= 15 is 0 Å². The molecule has 2 bridgehead atoms. The lowest BCUT2D eigenvalue weighted by molar-refractivity contribution is -0.121. The van der Waals surface area contributed by atoms with Crippen molar-refractivity contribution < 1.29 is 9.53 Å². The first-order valence-corrected chi connectivity index (χ1v) is 8.77. The number of carbonyl (C=O) groups is 1. The van der Waals surface area contributed by atoms with Crippen molar-refractivity contribution >= 4 is 11.6 Å². The second-order valence-corrected chi connectivity index (χ2v) is 6.71. The van der Waals surface area contributed by atoms with Crippen LogP contribution in [0.4, 0.5) is 5.69 Å². The normalized spacial score (nSPS) is 24.1. The van der Waals surface area contributed by atoms with Crippen molar-refractivity contribution in [1.29, 1.82) is 0 Å². The Hall–Kier alpha value is -2.59. The molecule has 0 radical (unpaired) electrons. The van der Waals surface area contributed by atoms with E-state index in [-0.39, 0.29) is 17.9 Å². The number of hydrogen-bond donors (Lipinski definition) is 2. The highest BCUT2D eigenvalue weighted by atomic mass is 16.5. The Morgan fingerprint density at radius 2 is 1.88 bits per heavy atom. The van der Waals surface area contributed by atoms with E-state index in [1.165, 1.54) is 0 Å². The van der Waals surface area contributed by atoms with Gasteiger partial charge in [-0.15, -0.1) is 0 Å². The third kappa shape index (κ3) is 3.74. The van der Waals surface area contributed by atoms with Crippen LogP contribution >= 0.6 is 0 Å². The predicted octanol–water partition coefficient (Wildman–Crippen LogP) is 3.37. The van der Waals surface area contributed by atoms with Gasteiger partial charge >= 0.3 is 0 Å². The number of fused-ring (bicyclic) bond motifs is 2. The molecule has 1 aliphatic carbocycles. The van der Waals surface area contributed by atoms with E-state index < -0.39 is 0 Å². The van der Waals surface area contributed by atoms with Gasteiger partial charge in [0.25, 0.3) is 0 Å². The van der Waals surface area contributed by atoms with Gasteiger partial charge in [-0.05, 0) is 42.2 Å². The van der Waals surface area contributed by atoms with E-state index in [1.54, 1.807) is 0 Å². The third-order valence-electron chi connectivity index (χ3n) is 4.90. The largest absolute Gasteiger partial charge is 0.489 e. The fourth-order valence-electron chi connectivity index (χ4n) is 3.49. The number of amides is 1. The minimum absolute atomic E-state index is 0.0118. The van der Waals surface area contributed by atoms with E-state index in [9.17, 15) is 4.79 Å². The number of ether oxygens (including phenoxy) is 1. The number of anilines is 1. The Balaban J connectivity index is 1.33. The van der Waals surface area contributed by atoms with Gasteiger partial charge in [0.2, 0.25) is 5.91 Å². The molecule has 3 aliphatic rings. The third-order valence-corrected chi connectivity index (χ3v) is 4.90. The summed E-state index contributed by atoms with van der Waals surface area (Å²) < 4.78 is 5.78. The molecule has 4 heteroatoms. The molecule has 1 saturated heterocycles. The molecular weight excluding hydrogens is 312 g/mol. The quantitative estimate of drug-likeness (QED) is 0.824. The smallest absolute Gasteiger partial charge is 0.229 e. The van der Waals surface area contributed by atoms with Gasteiger partial charge in [0.05, 0.1) is 5.92 Å². The van der Waals surface area contributed by atoms with Crippen molar-refractivity contribution in [1.82, 2.24) is 5.32 Å². The molecule has 25 heavy (non-hydrogen) atoms. The highest BCUT2D eigenvalue weighted by molar-refractivity contribution is 5.93. The number of rotatable bonds is 5. The van der Waals surface area contributed by atoms with Crippen molar-refractivity contribution in [3.8, 4) is 5.75 Å². The minimum atomic E-state index is 0.0118. The fourth-order valence-corrected chi connectivity index (χ4v) is 3.49. The Kier molecular flexibility index (Phi) is 4.53. The van der Waals surface area contributed by atoms with Crippen LogP contribution in [0.1, 0.15) is 12.0 Å². The predicted molar refractivity (Wildman–Crippen MR) is 98.4 cm³/mol. The SMILES string of the molecule is O=C(Nc1ccc(OCc2ccccc2)cc1)C1CC2C=CC1NC2. The maximum atomic E-state index is 12.5. The summed E-state index contributed by atoms with van der Waals surface area (Å²) in [6, 6.07) is 17.8. The van der Waals surface area contributed by atoms with Gasteiger partial charge in [-0.2, -0.15) is 0 Å². The number of piperidine rings is 1. The second-order valence-electron chi connectivity index (χ2n) is 6.71. The molecule has 3 atom stereocenters. The van der Waals surface area contributed by atoms with Gasteiger partial charge in [-0.3, -0.25) is 4.79 Å². The van der Waals surface area contributed by atoms with Crippen LogP contribution in [0.5, 0.6) is 5.75 Å². The number of benzene rings is 2. The molecule has 2 aromatic carbocycles. The van der Waals surface area contributed by atoms with E-state index in [0.717, 1.165) is 30.0 Å². The van der Waals surface area contributed by atoms with Crippen LogP contribution in [0.3, 0.4) is 0 Å². The summed E-state index contributed by atoms with van der Waals surface area (Å²) in [6.45, 7) is 1.52. The van der Waals surface area contributed by atoms with Gasteiger partial charge < -0.3 is 15.4 Å². The van der Waals surface area contributed by atoms with Gasteiger partial charge in [0.15, 0.2) is 0 Å². The van der Waals surface area contributed by atoms with Crippen molar-refractivity contribution in [3.05, 3.63) is 72.3 Å². The number of nitrogens with one attached hydrogen (secondary N) is 2. The molecule has 0 spiro atoms. The maximum absolute atomic E-state index is 12.5. The summed E-state index contributed by atoms with van der Waals surface area (Å²) in [4.78, 5) is 12.5. The van der Waals surface area contributed by atoms with E-state index in [2.05, 4.69) is 22.8 Å². The summed E-state index contributed by atoms with van der Waals surface area (Å²) in [5.74, 6) is 1.37. The first-order valence-electron chi connectivity index (χ1n) is 8.77. The number of hydrogen-bond acceptors (Lipinski definition) is 3. The lowest BCUT2D eigenvalue weighted by Crippen LogP contribution is -2.51. The lowest BCUT2D eigenvalue weighted by Gasteiger charge is -2.37. The number of carbonyl (C=O) groups excluding carboxylic acids is 1. The van der Waals surface area contributed by atoms with E-state index in [0.29, 0.717) is 12.5 Å². The van der Waals surface area contributed by atoms with Crippen molar-refractivity contribution in [2.45, 2.75) is 19.1 Å². The van der Waals surface area contributed by atoms with Gasteiger partial charge in [-0.25, -0.2) is 0 Å². The highest BCUT2D eigenvalue weighted by Gasteiger charge is 2.36. The summed E-state index contributed by atoms with van der Waals surface area (Å²) in [5, 5.41) is 6.44. The van der Waals surface area contributed by atoms with Crippen LogP contribution in [0.2, 0.25) is 0 Å². The average Bonchev–Trinajstić information content (AvgIpc) is 2.69. The summed E-state index contributed by atoms with van der Waals surface area (Å²) >= 11 is 0. The van der Waals surface area contributed by atoms with Crippen molar-refractivity contribution in [2.24, 2.45) is 11.8 Å². The Morgan fingerprint density at radius 3 is 2.52 bits per heavy atom. The van der Waals surface area contributed by atoms with E-state index in [4.69, 9.17) is 4.74 Å². The standard InChI is InChI=1S/C21H22N2O2/c24-21(19-12-16-6-11-20(19)22-13-16)23-17-7-9-18(10-8-17)25-14-15-4-2-1-3-5-15/h1-11,16,19-20,22H,12-14H2,(H,23,24). The van der Waals surface area contributed by atoms with Crippen LogP contribution < -0.4 is 15.4 Å². The van der Waals surface area contributed by atoms with Crippen molar-refractivity contribution in [2.75, 3.05) is 11.9 Å². The molecule has 2 aromatic rings. The van der Waals surface area contributed by atoms with Crippen LogP contribution in [-0.4, -0.2) is 18.5 Å². The summed E-state index contributed by atoms with van der Waals surface area (Å²) in [5.41, 5.74) is 1.94. The molecule has 3 unspecified atom stereocenters. The van der Waals surface area contributed by atoms with Crippen molar-refractivity contribution in [3.63, 3.8) is 0 Å². The van der Waals surface area contributed by atoms with Crippen LogP contribution in [0.15, 0.2) is 66.7 Å². The molecule has 5 rings (SSSR count). The molecule has 0 saturated carbocycles. The monoisotopic (exact) mass is 334 g/mol. The van der Waals surface area contributed by atoms with Gasteiger partial charge in [-0.1, -0.05) is 42.5 Å². The highest BCUT2D eigenvalue weighted by Crippen LogP contribution is 2.29. The Labute approximate surface area is 147 Å². The maximum Gasteiger partial charge on any atom is 0.229 e. The first-order chi connectivity index (χ1) is 12.3. The molecule has 1 fully saturated rings. The fraction of sp³-hybridized carbons (Fsp3) is 0.286. The molecule has 1 amide bonds. The van der Waals surface area contributed by atoms with Gasteiger partial charge in [0, 0.05) is 18.3 Å². The summed E-state index contributed by atoms with van der Waals surface area (Å²) in [7, 11) is 0. The topological polar surface area (TPSA) is 50.4 Å². The molecule has 2 aliphatic heterocycles. The van der Waals surface area contributed by atoms with Crippen LogP contribution in [-0.2, 0) is 11.4 Å². The molecular formula is C21H22N2O2. The molecule has 4 nitrogen and oxygen atoms in total. The first kappa shape index (κ1) is 15.9. The minimum Gasteiger partial charge on any atom is -0.489 e. The molecule has 0 aromatic heterocycles. The Bertz CT molecular complexity index is 755. The molecule has 2 N–H and O–H groups in total. The van der Waals surface area contributed by atoms with Crippen LogP contribution in [0, 0.1) is 11.8 Å². The zero-order valence-corrected chi connectivity index (χ0v) is 14.0.